The molecule has 0 spiro atoms. The van der Waals surface area contributed by atoms with Crippen molar-refractivity contribution < 1.29 is 0 Å². The lowest BCUT2D eigenvalue weighted by molar-refractivity contribution is 0.740. The molecule has 1 aromatic carbocycles. The van der Waals surface area contributed by atoms with Gasteiger partial charge in [0, 0.05) is 24.3 Å². The molecule has 0 bridgehead atoms. The molecule has 21 heavy (non-hydrogen) atoms. The van der Waals surface area contributed by atoms with Crippen molar-refractivity contribution in [3.63, 3.8) is 0 Å². The molecule has 0 radical (unpaired) electrons. The molecule has 0 aliphatic rings. The predicted molar refractivity (Wildman–Crippen MR) is 86.6 cm³/mol. The Balaban J connectivity index is 1.94. The summed E-state index contributed by atoms with van der Waals surface area (Å²) in [6.07, 6.45) is 3.72. The molecule has 2 heterocycles. The highest BCUT2D eigenvalue weighted by molar-refractivity contribution is 5.84. The summed E-state index contributed by atoms with van der Waals surface area (Å²) in [5.41, 5.74) is 9.83. The van der Waals surface area contributed by atoms with Gasteiger partial charge in [0.1, 0.15) is 0 Å². The van der Waals surface area contributed by atoms with Crippen LogP contribution >= 0.6 is 0 Å². The molecule has 0 saturated heterocycles. The highest BCUT2D eigenvalue weighted by Crippen LogP contribution is 2.27. The second-order valence-electron chi connectivity index (χ2n) is 5.12. The Morgan fingerprint density at radius 2 is 2.14 bits per heavy atom. The molecule has 0 saturated carbocycles. The molecule has 5 nitrogen and oxygen atoms in total. The van der Waals surface area contributed by atoms with Crippen molar-refractivity contribution in [1.29, 1.82) is 0 Å². The molecule has 108 valence electrons. The van der Waals surface area contributed by atoms with Gasteiger partial charge in [-0.2, -0.15) is 5.10 Å². The van der Waals surface area contributed by atoms with E-state index in [1.165, 1.54) is 0 Å². The van der Waals surface area contributed by atoms with E-state index in [9.17, 15) is 0 Å². The van der Waals surface area contributed by atoms with Gasteiger partial charge in [-0.25, -0.2) is 0 Å². The SMILES string of the molecule is CCCc1nn(C)c(Nc2ccc3ncccc3c2)c1N. The first-order valence-electron chi connectivity index (χ1n) is 7.12. The second-order valence-corrected chi connectivity index (χ2v) is 5.12. The summed E-state index contributed by atoms with van der Waals surface area (Å²) in [6.45, 7) is 2.12. The number of nitrogen functional groups attached to an aromatic ring is 1. The quantitative estimate of drug-likeness (QED) is 0.770. The number of nitrogens with zero attached hydrogens (tertiary/aromatic N) is 3. The number of benzene rings is 1. The minimum Gasteiger partial charge on any atom is -0.394 e. The van der Waals surface area contributed by atoms with E-state index >= 15 is 0 Å². The third kappa shape index (κ3) is 2.54. The summed E-state index contributed by atoms with van der Waals surface area (Å²) >= 11 is 0. The van der Waals surface area contributed by atoms with E-state index in [0.717, 1.165) is 46.6 Å². The maximum Gasteiger partial charge on any atom is 0.152 e. The van der Waals surface area contributed by atoms with Crippen LogP contribution in [0.4, 0.5) is 17.2 Å². The van der Waals surface area contributed by atoms with Crippen molar-refractivity contribution in [2.75, 3.05) is 11.1 Å². The van der Waals surface area contributed by atoms with Crippen molar-refractivity contribution >= 4 is 28.1 Å². The van der Waals surface area contributed by atoms with Crippen LogP contribution in [0.3, 0.4) is 0 Å². The Morgan fingerprint density at radius 1 is 1.29 bits per heavy atom. The van der Waals surface area contributed by atoms with Crippen molar-refractivity contribution in [1.82, 2.24) is 14.8 Å². The summed E-state index contributed by atoms with van der Waals surface area (Å²) in [4.78, 5) is 4.32. The van der Waals surface area contributed by atoms with Crippen LogP contribution in [0.1, 0.15) is 19.0 Å². The van der Waals surface area contributed by atoms with Crippen molar-refractivity contribution in [3.05, 3.63) is 42.2 Å². The number of rotatable bonds is 4. The van der Waals surface area contributed by atoms with Gasteiger partial charge in [-0.15, -0.1) is 0 Å². The summed E-state index contributed by atoms with van der Waals surface area (Å²) in [5.74, 6) is 0.835. The number of fused-ring (bicyclic) bond motifs is 1. The largest absolute Gasteiger partial charge is 0.394 e. The predicted octanol–water partition coefficient (Wildman–Crippen LogP) is 3.25. The molecule has 0 fully saturated rings. The van der Waals surface area contributed by atoms with Crippen LogP contribution in [0.5, 0.6) is 0 Å². The Labute approximate surface area is 123 Å². The average Bonchev–Trinajstić information content (AvgIpc) is 2.75. The van der Waals surface area contributed by atoms with Gasteiger partial charge in [-0.05, 0) is 30.7 Å². The van der Waals surface area contributed by atoms with Crippen LogP contribution in [0, 0.1) is 0 Å². The molecule has 3 rings (SSSR count). The number of nitrogens with two attached hydrogens (primary N) is 1. The summed E-state index contributed by atoms with van der Waals surface area (Å²) in [6, 6.07) is 10.0. The standard InChI is InChI=1S/C16H19N5/c1-3-5-14-15(17)16(21(2)20-14)19-12-7-8-13-11(10-12)6-4-9-18-13/h4,6-10,19H,3,5,17H2,1-2H3. The van der Waals surface area contributed by atoms with E-state index in [2.05, 4.69) is 28.4 Å². The maximum absolute atomic E-state index is 6.19. The molecule has 0 amide bonds. The maximum atomic E-state index is 6.19. The fourth-order valence-corrected chi connectivity index (χ4v) is 2.46. The number of hydrogen-bond acceptors (Lipinski definition) is 4. The van der Waals surface area contributed by atoms with Crippen LogP contribution in [0.2, 0.25) is 0 Å². The summed E-state index contributed by atoms with van der Waals surface area (Å²) in [5, 5.41) is 8.93. The van der Waals surface area contributed by atoms with Crippen LogP contribution in [0.15, 0.2) is 36.5 Å². The van der Waals surface area contributed by atoms with E-state index in [4.69, 9.17) is 5.73 Å². The Kier molecular flexibility index (Phi) is 3.48. The van der Waals surface area contributed by atoms with E-state index in [1.54, 1.807) is 10.9 Å². The Hall–Kier alpha value is -2.56. The first kappa shape index (κ1) is 13.4. The molecule has 0 aliphatic carbocycles. The first-order chi connectivity index (χ1) is 10.2. The lowest BCUT2D eigenvalue weighted by atomic mass is 10.2. The van der Waals surface area contributed by atoms with Gasteiger partial charge in [0.15, 0.2) is 5.82 Å². The zero-order valence-electron chi connectivity index (χ0n) is 12.3. The van der Waals surface area contributed by atoms with Crippen LogP contribution in [0.25, 0.3) is 10.9 Å². The number of aromatic nitrogens is 3. The molecule has 0 atom stereocenters. The molecular formula is C16H19N5. The molecular weight excluding hydrogens is 262 g/mol. The molecule has 5 heteroatoms. The van der Waals surface area contributed by atoms with Crippen LogP contribution in [-0.4, -0.2) is 14.8 Å². The van der Waals surface area contributed by atoms with Gasteiger partial charge in [0.25, 0.3) is 0 Å². The second kappa shape index (κ2) is 5.44. The minimum atomic E-state index is 0.727. The lowest BCUT2D eigenvalue weighted by Gasteiger charge is -2.08. The monoisotopic (exact) mass is 281 g/mol. The highest BCUT2D eigenvalue weighted by atomic mass is 15.3. The lowest BCUT2D eigenvalue weighted by Crippen LogP contribution is -2.01. The van der Waals surface area contributed by atoms with Gasteiger partial charge in [0.2, 0.25) is 0 Å². The number of nitrogens with one attached hydrogen (secondary N) is 1. The topological polar surface area (TPSA) is 68.8 Å². The van der Waals surface area contributed by atoms with E-state index in [1.807, 2.05) is 31.3 Å². The zero-order valence-corrected chi connectivity index (χ0v) is 12.3. The van der Waals surface area contributed by atoms with Crippen molar-refractivity contribution in [3.8, 4) is 0 Å². The average molecular weight is 281 g/mol. The first-order valence-corrected chi connectivity index (χ1v) is 7.12. The third-order valence-electron chi connectivity index (χ3n) is 3.51. The van der Waals surface area contributed by atoms with Gasteiger partial charge in [-0.1, -0.05) is 19.4 Å². The smallest absolute Gasteiger partial charge is 0.152 e. The fraction of sp³-hybridized carbons (Fsp3) is 0.250. The van der Waals surface area contributed by atoms with Crippen molar-refractivity contribution in [2.24, 2.45) is 7.05 Å². The Morgan fingerprint density at radius 3 is 2.95 bits per heavy atom. The number of aryl methyl sites for hydroxylation is 2. The summed E-state index contributed by atoms with van der Waals surface area (Å²) < 4.78 is 1.80. The van der Waals surface area contributed by atoms with E-state index in [-0.39, 0.29) is 0 Å². The molecule has 0 unspecified atom stereocenters. The highest BCUT2D eigenvalue weighted by Gasteiger charge is 2.12. The normalized spacial score (nSPS) is 11.0. The van der Waals surface area contributed by atoms with Crippen LogP contribution < -0.4 is 11.1 Å². The number of anilines is 3. The van der Waals surface area contributed by atoms with Gasteiger partial charge < -0.3 is 11.1 Å². The number of hydrogen-bond donors (Lipinski definition) is 2. The van der Waals surface area contributed by atoms with E-state index < -0.39 is 0 Å². The third-order valence-corrected chi connectivity index (χ3v) is 3.51. The summed E-state index contributed by atoms with van der Waals surface area (Å²) in [7, 11) is 1.90. The van der Waals surface area contributed by atoms with E-state index in [0.29, 0.717) is 0 Å². The number of pyridine rings is 1. The molecule has 3 aromatic rings. The molecule has 2 aromatic heterocycles. The van der Waals surface area contributed by atoms with Gasteiger partial charge in [0.05, 0.1) is 16.9 Å². The van der Waals surface area contributed by atoms with Crippen LogP contribution in [-0.2, 0) is 13.5 Å². The van der Waals surface area contributed by atoms with Gasteiger partial charge in [-0.3, -0.25) is 9.67 Å². The minimum absolute atomic E-state index is 0.727. The zero-order chi connectivity index (χ0) is 14.8. The Bertz CT molecular complexity index is 775. The fourth-order valence-electron chi connectivity index (χ4n) is 2.46. The molecule has 3 N–H and O–H groups in total. The van der Waals surface area contributed by atoms with Crippen molar-refractivity contribution in [2.45, 2.75) is 19.8 Å². The molecule has 0 aliphatic heterocycles. The van der Waals surface area contributed by atoms with Gasteiger partial charge >= 0.3 is 0 Å².